The third-order valence-electron chi connectivity index (χ3n) is 3.72. The van der Waals surface area contributed by atoms with Crippen LogP contribution in [0.3, 0.4) is 0 Å². The number of carbonyl (C=O) groups excluding carboxylic acids is 1. The van der Waals surface area contributed by atoms with E-state index in [1.54, 1.807) is 0 Å². The lowest BCUT2D eigenvalue weighted by Crippen LogP contribution is -2.45. The summed E-state index contributed by atoms with van der Waals surface area (Å²) < 4.78 is 0. The molecule has 0 aliphatic rings. The van der Waals surface area contributed by atoms with E-state index in [1.165, 1.54) is 0 Å². The van der Waals surface area contributed by atoms with Crippen LogP contribution in [0, 0.1) is 13.8 Å². The molecule has 0 aliphatic carbocycles. The predicted octanol–water partition coefficient (Wildman–Crippen LogP) is 1.73. The summed E-state index contributed by atoms with van der Waals surface area (Å²) in [5.74, 6) is 0.0739. The second kappa shape index (κ2) is 6.02. The second-order valence-corrected chi connectivity index (χ2v) is 4.98. The monoisotopic (exact) mass is 264 g/mol. The molecule has 1 amide bonds. The van der Waals surface area contributed by atoms with Gasteiger partial charge in [-0.05, 0) is 38.3 Å². The molecule has 1 aromatic heterocycles. The first kappa shape index (κ1) is 15.4. The van der Waals surface area contributed by atoms with E-state index in [0.29, 0.717) is 17.9 Å². The molecule has 0 saturated heterocycles. The molecule has 1 rings (SSSR count). The Bertz CT molecular complexity index is 458. The molecular formula is C14H24N4O. The fourth-order valence-electron chi connectivity index (χ4n) is 2.26. The maximum Gasteiger partial charge on any atom is 0.252 e. The van der Waals surface area contributed by atoms with Crippen molar-refractivity contribution in [2.75, 3.05) is 11.9 Å². The molecule has 1 heterocycles. The lowest BCUT2D eigenvalue weighted by atomic mass is 9.92. The Labute approximate surface area is 114 Å². The van der Waals surface area contributed by atoms with Crippen molar-refractivity contribution in [1.82, 2.24) is 4.98 Å². The van der Waals surface area contributed by atoms with E-state index >= 15 is 0 Å². The molecule has 0 aliphatic heterocycles. The van der Waals surface area contributed by atoms with E-state index < -0.39 is 5.91 Å². The van der Waals surface area contributed by atoms with Crippen molar-refractivity contribution >= 4 is 11.7 Å². The highest BCUT2D eigenvalue weighted by Crippen LogP contribution is 2.25. The number of anilines is 1. The molecule has 19 heavy (non-hydrogen) atoms. The van der Waals surface area contributed by atoms with Gasteiger partial charge in [-0.2, -0.15) is 0 Å². The zero-order chi connectivity index (χ0) is 14.6. The molecule has 0 bridgehead atoms. The number of hydrogen-bond donors (Lipinski definition) is 3. The first-order chi connectivity index (χ1) is 8.89. The normalized spacial score (nSPS) is 11.4. The van der Waals surface area contributed by atoms with Gasteiger partial charge in [0.1, 0.15) is 5.82 Å². The van der Waals surface area contributed by atoms with Crippen molar-refractivity contribution in [1.29, 1.82) is 0 Å². The molecular weight excluding hydrogens is 240 g/mol. The number of amides is 1. The standard InChI is InChI=1S/C14H24N4O/c1-5-14(6-2,8-15)18-13-11(12(16)19)9(3)7-10(4)17-13/h7H,5-6,8,15H2,1-4H3,(H2,16,19)(H,17,18). The van der Waals surface area contributed by atoms with Crippen LogP contribution in [-0.4, -0.2) is 23.0 Å². The number of rotatable bonds is 6. The van der Waals surface area contributed by atoms with Gasteiger partial charge in [0, 0.05) is 12.2 Å². The van der Waals surface area contributed by atoms with Crippen molar-refractivity contribution in [3.8, 4) is 0 Å². The molecule has 0 unspecified atom stereocenters. The highest BCUT2D eigenvalue weighted by atomic mass is 16.1. The van der Waals surface area contributed by atoms with Gasteiger partial charge >= 0.3 is 0 Å². The van der Waals surface area contributed by atoms with Crippen LogP contribution in [0.25, 0.3) is 0 Å². The largest absolute Gasteiger partial charge is 0.365 e. The van der Waals surface area contributed by atoms with Gasteiger partial charge in [0.05, 0.1) is 11.1 Å². The average molecular weight is 264 g/mol. The van der Waals surface area contributed by atoms with Crippen LogP contribution in [0.15, 0.2) is 6.07 Å². The van der Waals surface area contributed by atoms with Gasteiger partial charge in [-0.15, -0.1) is 0 Å². The topological polar surface area (TPSA) is 94.0 Å². The summed E-state index contributed by atoms with van der Waals surface area (Å²) >= 11 is 0. The molecule has 0 radical (unpaired) electrons. The van der Waals surface area contributed by atoms with Crippen molar-refractivity contribution in [2.45, 2.75) is 46.1 Å². The van der Waals surface area contributed by atoms with E-state index in [2.05, 4.69) is 24.1 Å². The summed E-state index contributed by atoms with van der Waals surface area (Å²) in [6.07, 6.45) is 1.71. The molecule has 0 fully saturated rings. The number of carbonyl (C=O) groups is 1. The Morgan fingerprint density at radius 1 is 1.37 bits per heavy atom. The SMILES string of the molecule is CCC(CC)(CN)Nc1nc(C)cc(C)c1C(N)=O. The molecule has 106 valence electrons. The third kappa shape index (κ3) is 3.23. The summed E-state index contributed by atoms with van der Waals surface area (Å²) in [5.41, 5.74) is 13.2. The van der Waals surface area contributed by atoms with Gasteiger partial charge in [-0.1, -0.05) is 13.8 Å². The molecule has 0 spiro atoms. The lowest BCUT2D eigenvalue weighted by molar-refractivity contribution is 0.1000. The zero-order valence-corrected chi connectivity index (χ0v) is 12.2. The maximum absolute atomic E-state index is 11.6. The molecule has 0 saturated carbocycles. The molecule has 1 aromatic rings. The van der Waals surface area contributed by atoms with E-state index in [-0.39, 0.29) is 5.54 Å². The molecule has 5 nitrogen and oxygen atoms in total. The number of primary amides is 1. The summed E-state index contributed by atoms with van der Waals surface area (Å²) in [6.45, 7) is 8.37. The van der Waals surface area contributed by atoms with E-state index in [0.717, 1.165) is 24.1 Å². The van der Waals surface area contributed by atoms with Crippen LogP contribution in [-0.2, 0) is 0 Å². The van der Waals surface area contributed by atoms with Crippen LogP contribution in [0.5, 0.6) is 0 Å². The molecule has 5 N–H and O–H groups in total. The number of hydrogen-bond acceptors (Lipinski definition) is 4. The number of aryl methyl sites for hydroxylation is 2. The van der Waals surface area contributed by atoms with Gasteiger partial charge in [0.2, 0.25) is 0 Å². The Hall–Kier alpha value is -1.62. The van der Waals surface area contributed by atoms with E-state index in [1.807, 2.05) is 19.9 Å². The fraction of sp³-hybridized carbons (Fsp3) is 0.571. The average Bonchev–Trinajstić information content (AvgIpc) is 2.34. The summed E-state index contributed by atoms with van der Waals surface area (Å²) in [7, 11) is 0. The summed E-state index contributed by atoms with van der Waals surface area (Å²) in [5, 5.41) is 3.34. The summed E-state index contributed by atoms with van der Waals surface area (Å²) in [6, 6.07) is 1.85. The van der Waals surface area contributed by atoms with Crippen LogP contribution in [0.1, 0.15) is 48.3 Å². The number of aromatic nitrogens is 1. The van der Waals surface area contributed by atoms with Crippen molar-refractivity contribution < 1.29 is 4.79 Å². The fourth-order valence-corrected chi connectivity index (χ4v) is 2.26. The first-order valence-corrected chi connectivity index (χ1v) is 6.65. The van der Waals surface area contributed by atoms with Gasteiger partial charge < -0.3 is 16.8 Å². The highest BCUT2D eigenvalue weighted by Gasteiger charge is 2.27. The molecule has 0 aromatic carbocycles. The second-order valence-electron chi connectivity index (χ2n) is 4.98. The van der Waals surface area contributed by atoms with Gasteiger partial charge in [0.25, 0.3) is 5.91 Å². The minimum absolute atomic E-state index is 0.253. The highest BCUT2D eigenvalue weighted by molar-refractivity contribution is 5.99. The predicted molar refractivity (Wildman–Crippen MR) is 78.2 cm³/mol. The van der Waals surface area contributed by atoms with Crippen LogP contribution < -0.4 is 16.8 Å². The minimum atomic E-state index is -0.467. The molecule has 0 atom stereocenters. The number of nitrogens with one attached hydrogen (secondary N) is 1. The van der Waals surface area contributed by atoms with Crippen molar-refractivity contribution in [3.05, 3.63) is 22.9 Å². The Balaban J connectivity index is 3.30. The lowest BCUT2D eigenvalue weighted by Gasteiger charge is -2.33. The Morgan fingerprint density at radius 2 is 1.95 bits per heavy atom. The first-order valence-electron chi connectivity index (χ1n) is 6.65. The van der Waals surface area contributed by atoms with Gasteiger partial charge in [-0.3, -0.25) is 4.79 Å². The number of pyridine rings is 1. The quantitative estimate of drug-likeness (QED) is 0.729. The van der Waals surface area contributed by atoms with Gasteiger partial charge in [-0.25, -0.2) is 4.98 Å². The van der Waals surface area contributed by atoms with Crippen LogP contribution >= 0.6 is 0 Å². The maximum atomic E-state index is 11.6. The van der Waals surface area contributed by atoms with Crippen LogP contribution in [0.4, 0.5) is 5.82 Å². The summed E-state index contributed by atoms with van der Waals surface area (Å²) in [4.78, 5) is 16.0. The van der Waals surface area contributed by atoms with Gasteiger partial charge in [0.15, 0.2) is 0 Å². The van der Waals surface area contributed by atoms with E-state index in [9.17, 15) is 4.79 Å². The minimum Gasteiger partial charge on any atom is -0.365 e. The smallest absolute Gasteiger partial charge is 0.252 e. The Kier molecular flexibility index (Phi) is 4.89. The van der Waals surface area contributed by atoms with E-state index in [4.69, 9.17) is 11.5 Å². The Morgan fingerprint density at radius 3 is 2.37 bits per heavy atom. The molecule has 5 heteroatoms. The van der Waals surface area contributed by atoms with Crippen molar-refractivity contribution in [2.24, 2.45) is 11.5 Å². The number of nitrogens with two attached hydrogens (primary N) is 2. The van der Waals surface area contributed by atoms with Crippen molar-refractivity contribution in [3.63, 3.8) is 0 Å². The van der Waals surface area contributed by atoms with Crippen LogP contribution in [0.2, 0.25) is 0 Å². The zero-order valence-electron chi connectivity index (χ0n) is 12.2. The number of nitrogens with zero attached hydrogens (tertiary/aromatic N) is 1. The third-order valence-corrected chi connectivity index (χ3v) is 3.72.